The number of rotatable bonds is 0. The first-order valence-corrected chi connectivity index (χ1v) is 4.09. The van der Waals surface area contributed by atoms with Crippen LogP contribution in [0, 0.1) is 0 Å². The second-order valence-electron chi connectivity index (χ2n) is 2.36. The molecule has 0 unspecified atom stereocenters. The number of hydrogen-bond acceptors (Lipinski definition) is 4. The Hall–Kier alpha value is -0.450. The molecule has 54 valence electrons. The van der Waals surface area contributed by atoms with Crippen molar-refractivity contribution in [1.29, 1.82) is 0 Å². The van der Waals surface area contributed by atoms with Gasteiger partial charge in [0.2, 0.25) is 0 Å². The molecule has 2 heterocycles. The van der Waals surface area contributed by atoms with Crippen molar-refractivity contribution in [2.45, 2.75) is 13.0 Å². The highest BCUT2D eigenvalue weighted by Crippen LogP contribution is 2.19. The first kappa shape index (κ1) is 6.27. The zero-order valence-electron chi connectivity index (χ0n) is 5.45. The summed E-state index contributed by atoms with van der Waals surface area (Å²) >= 11 is 1.62. The summed E-state index contributed by atoms with van der Waals surface area (Å²) in [4.78, 5) is 5.37. The third-order valence-corrected chi connectivity index (χ3v) is 2.52. The van der Waals surface area contributed by atoms with Gasteiger partial charge >= 0.3 is 0 Å². The molecule has 3 nitrogen and oxygen atoms in total. The Morgan fingerprint density at radius 1 is 1.70 bits per heavy atom. The number of thiazole rings is 1. The van der Waals surface area contributed by atoms with Gasteiger partial charge in [0.05, 0.1) is 17.7 Å². The fourth-order valence-electron chi connectivity index (χ4n) is 1.11. The number of nitrogens with zero attached hydrogens (tertiary/aromatic N) is 2. The van der Waals surface area contributed by atoms with Crippen molar-refractivity contribution in [2.24, 2.45) is 0 Å². The van der Waals surface area contributed by atoms with E-state index in [9.17, 15) is 0 Å². The second kappa shape index (κ2) is 2.30. The van der Waals surface area contributed by atoms with Crippen LogP contribution in [0.1, 0.15) is 10.6 Å². The van der Waals surface area contributed by atoms with Crippen LogP contribution in [0.5, 0.6) is 0 Å². The zero-order chi connectivity index (χ0) is 6.97. The predicted octanol–water partition coefficient (Wildman–Crippen LogP) is 0.890. The Balaban J connectivity index is 2.30. The molecular weight excluding hydrogens is 148 g/mol. The number of hydroxylamine groups is 2. The van der Waals surface area contributed by atoms with E-state index in [1.54, 1.807) is 11.3 Å². The monoisotopic (exact) mass is 156 g/mol. The van der Waals surface area contributed by atoms with Crippen molar-refractivity contribution in [3.8, 4) is 0 Å². The first-order chi connectivity index (χ1) is 4.86. The van der Waals surface area contributed by atoms with E-state index in [0.29, 0.717) is 6.54 Å². The smallest absolute Gasteiger partial charge is 0.0798 e. The SMILES string of the molecule is ON1CCc2ncsc2C1. The minimum absolute atomic E-state index is 0.653. The molecule has 0 bridgehead atoms. The van der Waals surface area contributed by atoms with Gasteiger partial charge in [0.1, 0.15) is 0 Å². The van der Waals surface area contributed by atoms with Crippen LogP contribution in [0.3, 0.4) is 0 Å². The Labute approximate surface area is 62.9 Å². The molecule has 0 spiro atoms. The molecule has 0 saturated carbocycles. The lowest BCUT2D eigenvalue weighted by Gasteiger charge is -2.18. The predicted molar refractivity (Wildman–Crippen MR) is 38.0 cm³/mol. The average molecular weight is 156 g/mol. The maximum Gasteiger partial charge on any atom is 0.0798 e. The lowest BCUT2D eigenvalue weighted by atomic mass is 10.2. The van der Waals surface area contributed by atoms with Crippen molar-refractivity contribution >= 4 is 11.3 Å². The van der Waals surface area contributed by atoms with Crippen LogP contribution in [-0.4, -0.2) is 21.8 Å². The third kappa shape index (κ3) is 0.941. The van der Waals surface area contributed by atoms with Crippen LogP contribution in [0.4, 0.5) is 0 Å². The molecule has 4 heteroatoms. The minimum atomic E-state index is 0.653. The van der Waals surface area contributed by atoms with E-state index in [1.807, 2.05) is 5.51 Å². The van der Waals surface area contributed by atoms with Crippen molar-refractivity contribution < 1.29 is 5.21 Å². The van der Waals surface area contributed by atoms with Gasteiger partial charge in [-0.1, -0.05) is 0 Å². The summed E-state index contributed by atoms with van der Waals surface area (Å²) in [5.41, 5.74) is 3.00. The molecular formula is C6H8N2OS. The highest BCUT2D eigenvalue weighted by Gasteiger charge is 2.15. The standard InChI is InChI=1S/C6H8N2OS/c9-8-2-1-5-6(3-8)10-4-7-5/h4,9H,1-3H2. The van der Waals surface area contributed by atoms with Crippen LogP contribution >= 0.6 is 11.3 Å². The lowest BCUT2D eigenvalue weighted by molar-refractivity contribution is -0.102. The van der Waals surface area contributed by atoms with Gasteiger partial charge in [0, 0.05) is 17.8 Å². The topological polar surface area (TPSA) is 36.4 Å². The van der Waals surface area contributed by atoms with E-state index in [-0.39, 0.29) is 0 Å². The van der Waals surface area contributed by atoms with Crippen LogP contribution in [0.2, 0.25) is 0 Å². The Morgan fingerprint density at radius 3 is 3.50 bits per heavy atom. The maximum absolute atomic E-state index is 9.09. The molecule has 1 aliphatic heterocycles. The molecule has 1 aromatic rings. The van der Waals surface area contributed by atoms with Gasteiger partial charge in [-0.3, -0.25) is 0 Å². The van der Waals surface area contributed by atoms with Crippen LogP contribution < -0.4 is 0 Å². The third-order valence-electron chi connectivity index (χ3n) is 1.66. The summed E-state index contributed by atoms with van der Waals surface area (Å²) < 4.78 is 0. The molecule has 0 aliphatic carbocycles. The van der Waals surface area contributed by atoms with Crippen molar-refractivity contribution in [3.05, 3.63) is 16.1 Å². The Kier molecular flexibility index (Phi) is 1.44. The average Bonchev–Trinajstić information content (AvgIpc) is 2.33. The summed E-state index contributed by atoms with van der Waals surface area (Å²) in [5.74, 6) is 0. The van der Waals surface area contributed by atoms with E-state index in [2.05, 4.69) is 4.98 Å². The quantitative estimate of drug-likeness (QED) is 0.606. The fourth-order valence-corrected chi connectivity index (χ4v) is 1.93. The van der Waals surface area contributed by atoms with E-state index in [1.165, 1.54) is 9.94 Å². The van der Waals surface area contributed by atoms with Gasteiger partial charge in [-0.2, -0.15) is 5.06 Å². The normalized spacial score (nSPS) is 18.9. The highest BCUT2D eigenvalue weighted by molar-refractivity contribution is 7.09. The molecule has 1 aromatic heterocycles. The van der Waals surface area contributed by atoms with Gasteiger partial charge < -0.3 is 5.21 Å². The molecule has 0 saturated heterocycles. The maximum atomic E-state index is 9.09. The molecule has 0 aromatic carbocycles. The van der Waals surface area contributed by atoms with Gasteiger partial charge in [-0.15, -0.1) is 11.3 Å². The van der Waals surface area contributed by atoms with E-state index in [0.717, 1.165) is 18.7 Å². The second-order valence-corrected chi connectivity index (χ2v) is 3.30. The molecule has 0 radical (unpaired) electrons. The molecule has 0 atom stereocenters. The molecule has 2 rings (SSSR count). The molecule has 0 fully saturated rings. The zero-order valence-corrected chi connectivity index (χ0v) is 6.27. The van der Waals surface area contributed by atoms with Gasteiger partial charge in [0.25, 0.3) is 0 Å². The van der Waals surface area contributed by atoms with Crippen LogP contribution in [0.25, 0.3) is 0 Å². The Morgan fingerprint density at radius 2 is 2.60 bits per heavy atom. The largest absolute Gasteiger partial charge is 0.314 e. The molecule has 0 amide bonds. The van der Waals surface area contributed by atoms with Gasteiger partial charge in [-0.05, 0) is 0 Å². The summed E-state index contributed by atoms with van der Waals surface area (Å²) in [7, 11) is 0. The van der Waals surface area contributed by atoms with E-state index >= 15 is 0 Å². The van der Waals surface area contributed by atoms with Gasteiger partial charge in [-0.25, -0.2) is 4.98 Å². The highest BCUT2D eigenvalue weighted by atomic mass is 32.1. The summed E-state index contributed by atoms with van der Waals surface area (Å²) in [5, 5.41) is 10.4. The number of fused-ring (bicyclic) bond motifs is 1. The molecule has 1 aliphatic rings. The van der Waals surface area contributed by atoms with Crippen molar-refractivity contribution in [3.63, 3.8) is 0 Å². The number of aromatic nitrogens is 1. The van der Waals surface area contributed by atoms with Gasteiger partial charge in [0.15, 0.2) is 0 Å². The van der Waals surface area contributed by atoms with Crippen LogP contribution in [-0.2, 0) is 13.0 Å². The fraction of sp³-hybridized carbons (Fsp3) is 0.500. The minimum Gasteiger partial charge on any atom is -0.314 e. The lowest BCUT2D eigenvalue weighted by Crippen LogP contribution is -2.26. The summed E-state index contributed by atoms with van der Waals surface area (Å²) in [6, 6.07) is 0. The van der Waals surface area contributed by atoms with E-state index < -0.39 is 0 Å². The Bertz CT molecular complexity index is 235. The molecule has 1 N–H and O–H groups in total. The molecule has 10 heavy (non-hydrogen) atoms. The van der Waals surface area contributed by atoms with Crippen molar-refractivity contribution in [1.82, 2.24) is 10.0 Å². The van der Waals surface area contributed by atoms with Crippen molar-refractivity contribution in [2.75, 3.05) is 6.54 Å². The number of hydrogen-bond donors (Lipinski definition) is 1. The van der Waals surface area contributed by atoms with E-state index in [4.69, 9.17) is 5.21 Å². The van der Waals surface area contributed by atoms with Crippen LogP contribution in [0.15, 0.2) is 5.51 Å². The summed E-state index contributed by atoms with van der Waals surface area (Å²) in [6.07, 6.45) is 0.884. The summed E-state index contributed by atoms with van der Waals surface area (Å²) in [6.45, 7) is 1.37. The first-order valence-electron chi connectivity index (χ1n) is 3.21.